The number of nitrogens with one attached hydrogen (secondary N) is 3. The molecule has 7 rings (SSSR count). The smallest absolute Gasteiger partial charge is 0.321 e. The zero-order valence-electron chi connectivity index (χ0n) is 21.7. The summed E-state index contributed by atoms with van der Waals surface area (Å²) in [5, 5.41) is 11.3. The molecule has 6 aromatic heterocycles. The summed E-state index contributed by atoms with van der Waals surface area (Å²) < 4.78 is 0. The van der Waals surface area contributed by atoms with Gasteiger partial charge in [-0.1, -0.05) is 0 Å². The predicted octanol–water partition coefficient (Wildman–Crippen LogP) is 3.80. The monoisotopic (exact) mass is 531 g/mol. The molecule has 7 heterocycles. The number of hydrogen-bond acceptors (Lipinski definition) is 8. The van der Waals surface area contributed by atoms with Crippen molar-refractivity contribution in [2.75, 3.05) is 38.5 Å². The Morgan fingerprint density at radius 3 is 2.55 bits per heavy atom. The van der Waals surface area contributed by atoms with Gasteiger partial charge in [0.1, 0.15) is 5.69 Å². The van der Waals surface area contributed by atoms with Crippen LogP contribution in [0, 0.1) is 0 Å². The van der Waals surface area contributed by atoms with Crippen molar-refractivity contribution in [1.82, 2.24) is 49.9 Å². The molecule has 0 radical (unpaired) electrons. The van der Waals surface area contributed by atoms with Crippen molar-refractivity contribution in [3.63, 3.8) is 0 Å². The van der Waals surface area contributed by atoms with Gasteiger partial charge in [0.05, 0.1) is 34.5 Å². The van der Waals surface area contributed by atoms with E-state index in [1.165, 1.54) is 0 Å². The summed E-state index contributed by atoms with van der Waals surface area (Å²) in [6, 6.07) is 7.64. The van der Waals surface area contributed by atoms with E-state index in [0.29, 0.717) is 35.9 Å². The number of imidazole rings is 1. The molecule has 0 spiro atoms. The first-order valence-electron chi connectivity index (χ1n) is 12.9. The molecule has 0 aliphatic carbocycles. The highest BCUT2D eigenvalue weighted by molar-refractivity contribution is 5.97. The quantitative estimate of drug-likeness (QED) is 0.312. The predicted molar refractivity (Wildman–Crippen MR) is 151 cm³/mol. The number of rotatable bonds is 4. The Labute approximate surface area is 228 Å². The van der Waals surface area contributed by atoms with Crippen molar-refractivity contribution >= 4 is 33.8 Å². The summed E-state index contributed by atoms with van der Waals surface area (Å²) in [4.78, 5) is 42.5. The highest BCUT2D eigenvalue weighted by Crippen LogP contribution is 2.32. The van der Waals surface area contributed by atoms with E-state index in [1.807, 2.05) is 29.2 Å². The minimum atomic E-state index is -0.122. The fourth-order valence-corrected chi connectivity index (χ4v) is 4.91. The molecule has 1 aliphatic rings. The number of aromatic amines is 2. The maximum Gasteiger partial charge on any atom is 0.321 e. The number of likely N-dealkylation sites (N-methyl/N-ethyl adjacent to an activating group) is 1. The summed E-state index contributed by atoms with van der Waals surface area (Å²) in [5.41, 5.74) is 7.06. The van der Waals surface area contributed by atoms with Gasteiger partial charge in [0, 0.05) is 73.9 Å². The molecule has 12 nitrogen and oxygen atoms in total. The van der Waals surface area contributed by atoms with E-state index in [-0.39, 0.29) is 6.03 Å². The lowest BCUT2D eigenvalue weighted by Gasteiger charge is -2.32. The van der Waals surface area contributed by atoms with Gasteiger partial charge in [0.25, 0.3) is 0 Å². The number of carbonyl (C=O) groups is 1. The summed E-state index contributed by atoms with van der Waals surface area (Å²) in [7, 11) is 2.06. The van der Waals surface area contributed by atoms with Crippen LogP contribution in [0.1, 0.15) is 0 Å². The lowest BCUT2D eigenvalue weighted by Crippen LogP contribution is -2.48. The summed E-state index contributed by atoms with van der Waals surface area (Å²) in [5.74, 6) is 0.606. The standard InChI is InChI=1S/C28H25N11O/c1-38-6-8-39(9-7-38)28(40)33-20-10-18(12-30-14-20)19-11-21-25(36-37-26(21)32-13-19)27-34-23-16-31-15-22(24(23)35-27)17-2-4-29-5-3-17/h2-5,10-16H,6-9H2,1H3,(H,33,40)(H,34,35)(H,32,36,37). The molecule has 0 saturated carbocycles. The highest BCUT2D eigenvalue weighted by atomic mass is 16.2. The molecule has 0 bridgehead atoms. The second-order valence-corrected chi connectivity index (χ2v) is 9.78. The van der Waals surface area contributed by atoms with E-state index >= 15 is 0 Å². The fourth-order valence-electron chi connectivity index (χ4n) is 4.91. The third kappa shape index (κ3) is 4.39. The average Bonchev–Trinajstić information content (AvgIpc) is 3.62. The van der Waals surface area contributed by atoms with Gasteiger partial charge in [-0.25, -0.2) is 14.8 Å². The number of hydrogen-bond donors (Lipinski definition) is 3. The number of piperazine rings is 1. The molecular formula is C28H25N11O. The minimum Gasteiger partial charge on any atom is -0.335 e. The average molecular weight is 532 g/mol. The number of carbonyl (C=O) groups excluding carboxylic acids is 1. The molecule has 0 aromatic carbocycles. The Kier molecular flexibility index (Phi) is 5.86. The molecule has 1 aliphatic heterocycles. The molecule has 6 aromatic rings. The SMILES string of the molecule is CN1CCN(C(=O)Nc2cncc(-c3cnc4[nH]nc(-c5nc6c(-c7ccncc7)cncc6[nH]5)c4c3)c2)CC1. The van der Waals surface area contributed by atoms with E-state index in [0.717, 1.165) is 51.8 Å². The molecule has 1 fully saturated rings. The molecule has 2 amide bonds. The first-order chi connectivity index (χ1) is 19.6. The van der Waals surface area contributed by atoms with Crippen molar-refractivity contribution in [3.05, 3.63) is 67.6 Å². The Balaban J connectivity index is 1.20. The normalized spacial score (nSPS) is 14.2. The van der Waals surface area contributed by atoms with Crippen molar-refractivity contribution in [3.8, 4) is 33.8 Å². The van der Waals surface area contributed by atoms with Crippen LogP contribution in [0.5, 0.6) is 0 Å². The van der Waals surface area contributed by atoms with Crippen molar-refractivity contribution in [2.45, 2.75) is 0 Å². The lowest BCUT2D eigenvalue weighted by molar-refractivity contribution is 0.164. The van der Waals surface area contributed by atoms with Gasteiger partial charge in [-0.2, -0.15) is 5.10 Å². The molecule has 1 saturated heterocycles. The number of urea groups is 1. The Bertz CT molecular complexity index is 1840. The molecule has 3 N–H and O–H groups in total. The molecule has 0 unspecified atom stereocenters. The van der Waals surface area contributed by atoms with Gasteiger partial charge in [-0.3, -0.25) is 20.1 Å². The van der Waals surface area contributed by atoms with Crippen LogP contribution >= 0.6 is 0 Å². The summed E-state index contributed by atoms with van der Waals surface area (Å²) in [6.07, 6.45) is 12.2. The van der Waals surface area contributed by atoms with Crippen molar-refractivity contribution < 1.29 is 4.79 Å². The van der Waals surface area contributed by atoms with E-state index < -0.39 is 0 Å². The lowest BCUT2D eigenvalue weighted by atomic mass is 10.1. The van der Waals surface area contributed by atoms with Gasteiger partial charge in [-0.05, 0) is 36.9 Å². The topological polar surface area (TPSA) is 144 Å². The number of anilines is 1. The van der Waals surface area contributed by atoms with Gasteiger partial charge >= 0.3 is 6.03 Å². The maximum absolute atomic E-state index is 12.8. The van der Waals surface area contributed by atoms with Crippen LogP contribution in [-0.2, 0) is 0 Å². The van der Waals surface area contributed by atoms with Crippen LogP contribution in [0.3, 0.4) is 0 Å². The zero-order valence-corrected chi connectivity index (χ0v) is 21.7. The van der Waals surface area contributed by atoms with Crippen LogP contribution in [0.15, 0.2) is 67.6 Å². The van der Waals surface area contributed by atoms with Crippen LogP contribution in [0.2, 0.25) is 0 Å². The number of H-pyrrole nitrogens is 2. The Morgan fingerprint density at radius 1 is 0.900 bits per heavy atom. The Hall–Kier alpha value is -5.23. The fraction of sp³-hybridized carbons (Fsp3) is 0.179. The largest absolute Gasteiger partial charge is 0.335 e. The van der Waals surface area contributed by atoms with E-state index in [9.17, 15) is 4.79 Å². The first-order valence-corrected chi connectivity index (χ1v) is 12.9. The zero-order chi connectivity index (χ0) is 27.1. The first kappa shape index (κ1) is 23.9. The number of amides is 2. The van der Waals surface area contributed by atoms with Gasteiger partial charge in [0.15, 0.2) is 11.5 Å². The van der Waals surface area contributed by atoms with Crippen molar-refractivity contribution in [1.29, 1.82) is 0 Å². The van der Waals surface area contributed by atoms with Gasteiger partial charge in [0.2, 0.25) is 0 Å². The number of nitrogens with zero attached hydrogens (tertiary/aromatic N) is 8. The minimum absolute atomic E-state index is 0.122. The van der Waals surface area contributed by atoms with E-state index in [4.69, 9.17) is 4.98 Å². The summed E-state index contributed by atoms with van der Waals surface area (Å²) >= 11 is 0. The van der Waals surface area contributed by atoms with E-state index in [1.54, 1.807) is 43.4 Å². The second kappa shape index (κ2) is 9.82. The summed E-state index contributed by atoms with van der Waals surface area (Å²) in [6.45, 7) is 3.11. The molecular weight excluding hydrogens is 506 g/mol. The maximum atomic E-state index is 12.8. The van der Waals surface area contributed by atoms with Crippen LogP contribution in [-0.4, -0.2) is 89.2 Å². The number of aromatic nitrogens is 8. The molecule has 12 heteroatoms. The van der Waals surface area contributed by atoms with Crippen LogP contribution in [0.4, 0.5) is 10.5 Å². The van der Waals surface area contributed by atoms with Gasteiger partial charge < -0.3 is 20.1 Å². The highest BCUT2D eigenvalue weighted by Gasteiger charge is 2.20. The molecule has 198 valence electrons. The third-order valence-electron chi connectivity index (χ3n) is 7.14. The molecule has 0 atom stereocenters. The number of pyridine rings is 4. The van der Waals surface area contributed by atoms with Crippen LogP contribution < -0.4 is 5.32 Å². The Morgan fingerprint density at radius 2 is 1.70 bits per heavy atom. The van der Waals surface area contributed by atoms with Crippen LogP contribution in [0.25, 0.3) is 55.8 Å². The number of fused-ring (bicyclic) bond motifs is 2. The molecule has 40 heavy (non-hydrogen) atoms. The third-order valence-corrected chi connectivity index (χ3v) is 7.14. The van der Waals surface area contributed by atoms with Gasteiger partial charge in [-0.15, -0.1) is 0 Å². The second-order valence-electron chi connectivity index (χ2n) is 9.78. The van der Waals surface area contributed by atoms with E-state index in [2.05, 4.69) is 52.4 Å². The van der Waals surface area contributed by atoms with Crippen molar-refractivity contribution in [2.24, 2.45) is 0 Å².